The van der Waals surface area contributed by atoms with Gasteiger partial charge in [-0.15, -0.1) is 11.3 Å². The average Bonchev–Trinajstić information content (AvgIpc) is 2.76. The van der Waals surface area contributed by atoms with E-state index in [-0.39, 0.29) is 5.41 Å². The zero-order chi connectivity index (χ0) is 12.6. The highest BCUT2D eigenvalue weighted by molar-refractivity contribution is 7.17. The molecule has 0 radical (unpaired) electrons. The summed E-state index contributed by atoms with van der Waals surface area (Å²) in [6.07, 6.45) is 3.23. The number of Topliss-reactive ketones (excluding diaryl/α,β-unsaturated/α-hetero) is 1. The quantitative estimate of drug-likeness (QED) is 0.852. The summed E-state index contributed by atoms with van der Waals surface area (Å²) in [5, 5.41) is 6.33. The van der Waals surface area contributed by atoms with Gasteiger partial charge in [0.25, 0.3) is 0 Å². The molecule has 0 amide bonds. The lowest BCUT2D eigenvalue weighted by molar-refractivity contribution is 0.0617. The molecule has 3 rings (SSSR count). The molecule has 1 aliphatic rings. The second kappa shape index (κ2) is 4.48. The molecule has 2 nitrogen and oxygen atoms in total. The second-order valence-electron chi connectivity index (χ2n) is 5.14. The van der Waals surface area contributed by atoms with Gasteiger partial charge in [0.15, 0.2) is 5.78 Å². The standard InChI is InChI=1S/C15H17NOS/c1-16-10-15(7-4-8-15)14(17)12-9-18-13-6-3-2-5-11(12)13/h2-3,5-6,9,16H,4,7-8,10H2,1H3. The fourth-order valence-corrected chi connectivity index (χ4v) is 3.81. The van der Waals surface area contributed by atoms with Gasteiger partial charge in [-0.05, 0) is 26.0 Å². The maximum absolute atomic E-state index is 12.8. The van der Waals surface area contributed by atoms with Crippen LogP contribution in [0.15, 0.2) is 29.6 Å². The molecular formula is C15H17NOS. The molecule has 3 heteroatoms. The van der Waals surface area contributed by atoms with Crippen LogP contribution in [0.4, 0.5) is 0 Å². The minimum absolute atomic E-state index is 0.140. The van der Waals surface area contributed by atoms with E-state index < -0.39 is 0 Å². The van der Waals surface area contributed by atoms with Crippen LogP contribution in [0.1, 0.15) is 29.6 Å². The zero-order valence-corrected chi connectivity index (χ0v) is 11.3. The van der Waals surface area contributed by atoms with Crippen LogP contribution in [-0.2, 0) is 0 Å². The Balaban J connectivity index is 2.01. The van der Waals surface area contributed by atoms with Crippen molar-refractivity contribution in [1.82, 2.24) is 5.32 Å². The van der Waals surface area contributed by atoms with E-state index in [1.54, 1.807) is 11.3 Å². The van der Waals surface area contributed by atoms with Crippen LogP contribution in [0, 0.1) is 5.41 Å². The lowest BCUT2D eigenvalue weighted by atomic mass is 9.64. The van der Waals surface area contributed by atoms with Gasteiger partial charge >= 0.3 is 0 Å². The van der Waals surface area contributed by atoms with Crippen molar-refractivity contribution >= 4 is 27.2 Å². The molecule has 1 heterocycles. The molecule has 0 unspecified atom stereocenters. The van der Waals surface area contributed by atoms with Gasteiger partial charge in [0.2, 0.25) is 0 Å². The number of carbonyl (C=O) groups is 1. The summed E-state index contributed by atoms with van der Waals surface area (Å²) in [6, 6.07) is 8.18. The lowest BCUT2D eigenvalue weighted by Crippen LogP contribution is -2.45. The highest BCUT2D eigenvalue weighted by Crippen LogP contribution is 2.44. The Bertz CT molecular complexity index is 583. The minimum Gasteiger partial charge on any atom is -0.319 e. The SMILES string of the molecule is CNCC1(C(=O)c2csc3ccccc23)CCC1. The first-order valence-electron chi connectivity index (χ1n) is 6.42. The molecule has 0 atom stereocenters. The van der Waals surface area contributed by atoms with Gasteiger partial charge in [-0.3, -0.25) is 4.79 Å². The van der Waals surface area contributed by atoms with Gasteiger partial charge in [0.1, 0.15) is 0 Å². The van der Waals surface area contributed by atoms with Crippen LogP contribution in [0.5, 0.6) is 0 Å². The normalized spacial score (nSPS) is 17.6. The van der Waals surface area contributed by atoms with E-state index in [0.717, 1.165) is 30.3 Å². The number of carbonyl (C=O) groups excluding carboxylic acids is 1. The Hall–Kier alpha value is -1.19. The maximum atomic E-state index is 12.8. The maximum Gasteiger partial charge on any atom is 0.171 e. The number of thiophene rings is 1. The van der Waals surface area contributed by atoms with E-state index >= 15 is 0 Å². The van der Waals surface area contributed by atoms with Crippen molar-refractivity contribution in [2.45, 2.75) is 19.3 Å². The van der Waals surface area contributed by atoms with E-state index in [1.807, 2.05) is 24.6 Å². The van der Waals surface area contributed by atoms with Crippen LogP contribution in [-0.4, -0.2) is 19.4 Å². The number of nitrogens with one attached hydrogen (secondary N) is 1. The number of fused-ring (bicyclic) bond motifs is 1. The molecule has 1 N–H and O–H groups in total. The number of rotatable bonds is 4. The first-order chi connectivity index (χ1) is 8.77. The molecule has 0 saturated heterocycles. The Labute approximate surface area is 111 Å². The molecular weight excluding hydrogens is 242 g/mol. The molecule has 0 spiro atoms. The summed E-state index contributed by atoms with van der Waals surface area (Å²) in [7, 11) is 1.93. The molecule has 94 valence electrons. The molecule has 1 aliphatic carbocycles. The van der Waals surface area contributed by atoms with E-state index in [4.69, 9.17) is 0 Å². The van der Waals surface area contributed by atoms with E-state index in [2.05, 4.69) is 17.4 Å². The van der Waals surface area contributed by atoms with Crippen molar-refractivity contribution in [2.24, 2.45) is 5.41 Å². The van der Waals surface area contributed by atoms with Crippen molar-refractivity contribution in [2.75, 3.05) is 13.6 Å². The molecule has 0 bridgehead atoms. The van der Waals surface area contributed by atoms with Gasteiger partial charge in [-0.25, -0.2) is 0 Å². The van der Waals surface area contributed by atoms with Crippen LogP contribution >= 0.6 is 11.3 Å². The van der Waals surface area contributed by atoms with Gasteiger partial charge in [-0.2, -0.15) is 0 Å². The molecule has 1 fully saturated rings. The van der Waals surface area contributed by atoms with Gasteiger partial charge in [0, 0.05) is 33.0 Å². The van der Waals surface area contributed by atoms with Crippen molar-refractivity contribution in [3.05, 3.63) is 35.2 Å². The molecule has 0 aliphatic heterocycles. The third-order valence-corrected chi connectivity index (χ3v) is 5.00. The van der Waals surface area contributed by atoms with Crippen LogP contribution in [0.2, 0.25) is 0 Å². The van der Waals surface area contributed by atoms with Crippen LogP contribution < -0.4 is 5.32 Å². The van der Waals surface area contributed by atoms with Gasteiger partial charge < -0.3 is 5.32 Å². The lowest BCUT2D eigenvalue weighted by Gasteiger charge is -2.40. The second-order valence-corrected chi connectivity index (χ2v) is 6.05. The summed E-state index contributed by atoms with van der Waals surface area (Å²) < 4.78 is 1.21. The Kier molecular flexibility index (Phi) is 2.96. The predicted molar refractivity (Wildman–Crippen MR) is 76.4 cm³/mol. The predicted octanol–water partition coefficient (Wildman–Crippen LogP) is 3.47. The number of hydrogen-bond donors (Lipinski definition) is 1. The average molecular weight is 259 g/mol. The third-order valence-electron chi connectivity index (χ3n) is 4.03. The Morgan fingerprint density at radius 2 is 2.17 bits per heavy atom. The Morgan fingerprint density at radius 3 is 2.83 bits per heavy atom. The minimum atomic E-state index is -0.140. The first-order valence-corrected chi connectivity index (χ1v) is 7.30. The zero-order valence-electron chi connectivity index (χ0n) is 10.5. The van der Waals surface area contributed by atoms with Crippen molar-refractivity contribution in [1.29, 1.82) is 0 Å². The third kappa shape index (κ3) is 1.70. The molecule has 18 heavy (non-hydrogen) atoms. The summed E-state index contributed by atoms with van der Waals surface area (Å²) >= 11 is 1.67. The van der Waals surface area contributed by atoms with Gasteiger partial charge in [-0.1, -0.05) is 24.6 Å². The smallest absolute Gasteiger partial charge is 0.171 e. The number of benzene rings is 1. The van der Waals surface area contributed by atoms with Crippen LogP contribution in [0.25, 0.3) is 10.1 Å². The van der Waals surface area contributed by atoms with Gasteiger partial charge in [0.05, 0.1) is 0 Å². The van der Waals surface area contributed by atoms with Crippen molar-refractivity contribution in [3.63, 3.8) is 0 Å². The summed E-state index contributed by atoms with van der Waals surface area (Å²) in [5.41, 5.74) is 0.782. The van der Waals surface area contributed by atoms with E-state index in [1.165, 1.54) is 11.1 Å². The topological polar surface area (TPSA) is 29.1 Å². The van der Waals surface area contributed by atoms with E-state index in [0.29, 0.717) is 5.78 Å². The highest BCUT2D eigenvalue weighted by Gasteiger charge is 2.44. The summed E-state index contributed by atoms with van der Waals surface area (Å²) in [6.45, 7) is 0.802. The highest BCUT2D eigenvalue weighted by atomic mass is 32.1. The Morgan fingerprint density at radius 1 is 1.39 bits per heavy atom. The number of ketones is 1. The molecule has 1 saturated carbocycles. The van der Waals surface area contributed by atoms with Crippen LogP contribution in [0.3, 0.4) is 0 Å². The summed E-state index contributed by atoms with van der Waals surface area (Å²) in [5.74, 6) is 0.334. The van der Waals surface area contributed by atoms with Crippen molar-refractivity contribution in [3.8, 4) is 0 Å². The fourth-order valence-electron chi connectivity index (χ4n) is 2.87. The monoisotopic (exact) mass is 259 g/mol. The molecule has 1 aromatic heterocycles. The van der Waals surface area contributed by atoms with Crippen molar-refractivity contribution < 1.29 is 4.79 Å². The van der Waals surface area contributed by atoms with E-state index in [9.17, 15) is 4.79 Å². The summed E-state index contributed by atoms with van der Waals surface area (Å²) in [4.78, 5) is 12.8. The first kappa shape index (κ1) is 11.9. The molecule has 1 aromatic carbocycles. The largest absolute Gasteiger partial charge is 0.319 e. The number of hydrogen-bond acceptors (Lipinski definition) is 3. The fraction of sp³-hybridized carbons (Fsp3) is 0.400. The molecule has 2 aromatic rings.